The summed E-state index contributed by atoms with van der Waals surface area (Å²) in [5, 5.41) is 10.1. The number of nitrogens with zero attached hydrogens (tertiary/aromatic N) is 1. The van der Waals surface area contributed by atoms with Gasteiger partial charge in [-0.25, -0.2) is 4.79 Å². The Morgan fingerprint density at radius 2 is 1.91 bits per heavy atom. The van der Waals surface area contributed by atoms with Crippen LogP contribution in [0.1, 0.15) is 58.6 Å². The van der Waals surface area contributed by atoms with Gasteiger partial charge in [0.05, 0.1) is 12.1 Å². The summed E-state index contributed by atoms with van der Waals surface area (Å²) in [6.07, 6.45) is 4.04. The van der Waals surface area contributed by atoms with E-state index in [4.69, 9.17) is 4.74 Å². The Hall–Kier alpha value is -2.79. The van der Waals surface area contributed by atoms with Crippen LogP contribution in [0.5, 0.6) is 5.75 Å². The van der Waals surface area contributed by atoms with Gasteiger partial charge in [-0.3, -0.25) is 0 Å². The Morgan fingerprint density at radius 1 is 1.15 bits per heavy atom. The van der Waals surface area contributed by atoms with Crippen LogP contribution in [-0.4, -0.2) is 30.3 Å². The number of benzene rings is 2. The fourth-order valence-electron chi connectivity index (χ4n) is 5.31. The number of anilines is 1. The lowest BCUT2D eigenvalue weighted by Gasteiger charge is -2.29. The number of thiophene rings is 1. The first-order chi connectivity index (χ1) is 16.2. The smallest absolute Gasteiger partial charge is 0.337 e. The lowest BCUT2D eigenvalue weighted by Crippen LogP contribution is -2.24. The molecule has 2 aromatic carbocycles. The molecule has 2 aliphatic rings. The van der Waals surface area contributed by atoms with Crippen LogP contribution in [0, 0.1) is 19.3 Å². The second-order valence-electron chi connectivity index (χ2n) is 10.6. The summed E-state index contributed by atoms with van der Waals surface area (Å²) < 4.78 is 6.35. The van der Waals surface area contributed by atoms with Gasteiger partial charge in [0.15, 0.2) is 0 Å². The first-order valence-electron chi connectivity index (χ1n) is 12.2. The molecule has 1 atom stereocenters. The van der Waals surface area contributed by atoms with Crippen LogP contribution >= 0.6 is 11.3 Å². The van der Waals surface area contributed by atoms with E-state index in [9.17, 15) is 9.90 Å². The minimum Gasteiger partial charge on any atom is -0.489 e. The van der Waals surface area contributed by atoms with Crippen molar-refractivity contribution in [1.29, 1.82) is 0 Å². The van der Waals surface area contributed by atoms with Gasteiger partial charge < -0.3 is 14.7 Å². The number of hydrogen-bond donors (Lipinski definition) is 1. The third-order valence-corrected chi connectivity index (χ3v) is 8.60. The summed E-state index contributed by atoms with van der Waals surface area (Å²) in [5.41, 5.74) is 6.29. The van der Waals surface area contributed by atoms with Gasteiger partial charge in [0.25, 0.3) is 0 Å². The summed E-state index contributed by atoms with van der Waals surface area (Å²) in [4.78, 5) is 16.8. The van der Waals surface area contributed by atoms with E-state index in [1.807, 2.05) is 12.1 Å². The van der Waals surface area contributed by atoms with E-state index in [1.165, 1.54) is 16.1 Å². The monoisotopic (exact) mass is 475 g/mol. The zero-order valence-corrected chi connectivity index (χ0v) is 21.3. The fourth-order valence-corrected chi connectivity index (χ4v) is 6.71. The molecule has 4 nitrogen and oxygen atoms in total. The summed E-state index contributed by atoms with van der Waals surface area (Å²) in [5.74, 6) is 0.0448. The van der Waals surface area contributed by atoms with Crippen LogP contribution in [0.25, 0.3) is 10.4 Å². The molecule has 0 unspecified atom stereocenters. The molecule has 1 fully saturated rings. The predicted molar refractivity (Wildman–Crippen MR) is 140 cm³/mol. The van der Waals surface area contributed by atoms with Crippen molar-refractivity contribution < 1.29 is 14.6 Å². The van der Waals surface area contributed by atoms with E-state index in [0.29, 0.717) is 5.56 Å². The minimum atomic E-state index is -0.813. The normalized spacial score (nSPS) is 19.2. The van der Waals surface area contributed by atoms with Crippen molar-refractivity contribution in [3.8, 4) is 16.2 Å². The molecule has 2 heterocycles. The second-order valence-corrected chi connectivity index (χ2v) is 11.7. The van der Waals surface area contributed by atoms with Crippen molar-refractivity contribution in [1.82, 2.24) is 0 Å². The van der Waals surface area contributed by atoms with Crippen molar-refractivity contribution in [3.05, 3.63) is 69.6 Å². The van der Waals surface area contributed by atoms with E-state index >= 15 is 0 Å². The molecule has 0 bridgehead atoms. The number of fused-ring (bicyclic) bond motifs is 1. The highest BCUT2D eigenvalue weighted by atomic mass is 32.1. The summed E-state index contributed by atoms with van der Waals surface area (Å²) >= 11 is 1.67. The topological polar surface area (TPSA) is 49.8 Å². The van der Waals surface area contributed by atoms with Gasteiger partial charge in [-0.2, -0.15) is 0 Å². The maximum absolute atomic E-state index is 12.3. The minimum absolute atomic E-state index is 0.149. The number of aromatic carboxylic acids is 1. The van der Waals surface area contributed by atoms with Gasteiger partial charge in [-0.05, 0) is 85.5 Å². The number of carbonyl (C=O) groups is 1. The van der Waals surface area contributed by atoms with Crippen molar-refractivity contribution in [3.63, 3.8) is 0 Å². The second kappa shape index (κ2) is 8.77. The summed E-state index contributed by atoms with van der Waals surface area (Å²) in [7, 11) is 0. The fraction of sp³-hybridized carbons (Fsp3) is 0.414. The highest BCUT2D eigenvalue weighted by molar-refractivity contribution is 7.16. The molecule has 1 saturated heterocycles. The van der Waals surface area contributed by atoms with Crippen molar-refractivity contribution in [2.75, 3.05) is 18.0 Å². The molecule has 1 aliphatic carbocycles. The Morgan fingerprint density at radius 3 is 2.62 bits per heavy atom. The highest BCUT2D eigenvalue weighted by Gasteiger charge is 2.33. The molecule has 0 amide bonds. The molecule has 1 aliphatic heterocycles. The van der Waals surface area contributed by atoms with Crippen molar-refractivity contribution in [2.24, 2.45) is 5.41 Å². The highest BCUT2D eigenvalue weighted by Crippen LogP contribution is 2.46. The van der Waals surface area contributed by atoms with Gasteiger partial charge in [0, 0.05) is 28.4 Å². The van der Waals surface area contributed by atoms with E-state index in [-0.39, 0.29) is 11.5 Å². The van der Waals surface area contributed by atoms with Crippen molar-refractivity contribution in [2.45, 2.75) is 59.5 Å². The van der Waals surface area contributed by atoms with E-state index in [0.717, 1.165) is 66.1 Å². The van der Waals surface area contributed by atoms with Crippen LogP contribution in [-0.2, 0) is 12.8 Å². The zero-order chi connectivity index (χ0) is 24.0. The molecule has 1 N–H and O–H groups in total. The molecular formula is C29H33NO3S. The quantitative estimate of drug-likeness (QED) is 0.436. The Kier molecular flexibility index (Phi) is 5.93. The molecule has 0 radical (unpaired) electrons. The molecule has 1 aromatic heterocycles. The standard InChI is InChI=1S/C29H33NO3S/c1-18-5-7-20(8-6-18)30-14-12-22(17-30)33-21-9-10-23(19(2)15-21)27-26(28(31)32)24-16-29(3,4)13-11-25(24)34-27/h5-10,15,22H,11-14,16-17H2,1-4H3,(H,31,32)/t22-/m1/s1. The first kappa shape index (κ1) is 23.0. The third-order valence-electron chi connectivity index (χ3n) is 7.28. The third kappa shape index (κ3) is 4.46. The number of aryl methyl sites for hydroxylation is 3. The molecule has 3 aromatic rings. The Labute approximate surface area is 206 Å². The Balaban J connectivity index is 1.35. The number of rotatable bonds is 5. The molecule has 0 saturated carbocycles. The van der Waals surface area contributed by atoms with Crippen LogP contribution in [0.4, 0.5) is 5.69 Å². The first-order valence-corrected chi connectivity index (χ1v) is 13.0. The Bertz CT molecular complexity index is 1220. The molecule has 5 rings (SSSR count). The van der Waals surface area contributed by atoms with Crippen LogP contribution in [0.3, 0.4) is 0 Å². The van der Waals surface area contributed by atoms with Gasteiger partial charge in [0.2, 0.25) is 0 Å². The van der Waals surface area contributed by atoms with Crippen molar-refractivity contribution >= 4 is 23.0 Å². The molecular weight excluding hydrogens is 442 g/mol. The predicted octanol–water partition coefficient (Wildman–Crippen LogP) is 6.90. The van der Waals surface area contributed by atoms with E-state index < -0.39 is 5.97 Å². The average Bonchev–Trinajstić information content (AvgIpc) is 3.38. The molecule has 0 spiro atoms. The average molecular weight is 476 g/mol. The summed E-state index contributed by atoms with van der Waals surface area (Å²) in [6, 6.07) is 14.8. The molecule has 178 valence electrons. The van der Waals surface area contributed by atoms with Gasteiger partial charge >= 0.3 is 5.97 Å². The maximum Gasteiger partial charge on any atom is 0.337 e. The van der Waals surface area contributed by atoms with E-state index in [2.05, 4.69) is 62.9 Å². The molecule has 5 heteroatoms. The number of carboxylic acids is 1. The number of carboxylic acid groups (broad SMARTS) is 1. The maximum atomic E-state index is 12.3. The largest absolute Gasteiger partial charge is 0.489 e. The number of hydrogen-bond acceptors (Lipinski definition) is 4. The SMILES string of the molecule is Cc1ccc(N2CC[C@@H](Oc3ccc(-c4sc5c(c4C(=O)O)CC(C)(C)CC5)c(C)c3)C2)cc1. The van der Waals surface area contributed by atoms with Gasteiger partial charge in [0.1, 0.15) is 11.9 Å². The van der Waals surface area contributed by atoms with Crippen LogP contribution < -0.4 is 9.64 Å². The lowest BCUT2D eigenvalue weighted by atomic mass is 9.76. The zero-order valence-electron chi connectivity index (χ0n) is 20.5. The van der Waals surface area contributed by atoms with Crippen LogP contribution in [0.2, 0.25) is 0 Å². The summed E-state index contributed by atoms with van der Waals surface area (Å²) in [6.45, 7) is 10.5. The molecule has 34 heavy (non-hydrogen) atoms. The van der Waals surface area contributed by atoms with Gasteiger partial charge in [-0.15, -0.1) is 11.3 Å². The van der Waals surface area contributed by atoms with Gasteiger partial charge in [-0.1, -0.05) is 31.5 Å². The lowest BCUT2D eigenvalue weighted by molar-refractivity contribution is 0.0696. The van der Waals surface area contributed by atoms with E-state index in [1.54, 1.807) is 11.3 Å². The number of ether oxygens (including phenoxy) is 1. The van der Waals surface area contributed by atoms with Crippen LogP contribution in [0.15, 0.2) is 42.5 Å².